The highest BCUT2D eigenvalue weighted by Crippen LogP contribution is 2.20. The van der Waals surface area contributed by atoms with Crippen molar-refractivity contribution < 1.29 is 48.6 Å². The topological polar surface area (TPSA) is 292 Å². The minimum atomic E-state index is -1.53. The van der Waals surface area contributed by atoms with Crippen molar-refractivity contribution >= 4 is 47.3 Å². The molecule has 54 heavy (non-hydrogen) atoms. The second kappa shape index (κ2) is 24.3. The standard InChI is InChI=1S/C36H66N8O10/c1-11-21(9)28(37)35(53)44(36(54)29(38)22(10)12-2)30(20(7)8)34(52)43-24(14-19(5)6)31(49)39-15-26(46)41-25(17-45)33(51)42-23(13-18(3)4)32(50)40-16-27(47)48/h18-25,28-30,45H,11-17,37-38H2,1-10H3,(H,39,49)(H,40,50)(H,41,46)(H,42,51)(H,43,52)(H,47,48)/t21-,22-,23-,24-,25-,28-,29-,30-/m0/s1. The lowest BCUT2D eigenvalue weighted by atomic mass is 9.92. The summed E-state index contributed by atoms with van der Waals surface area (Å²) in [5, 5.41) is 30.6. The van der Waals surface area contributed by atoms with Crippen molar-refractivity contribution in [2.24, 2.45) is 41.1 Å². The highest BCUT2D eigenvalue weighted by molar-refractivity contribution is 6.05. The highest BCUT2D eigenvalue weighted by atomic mass is 16.4. The number of aliphatic hydroxyl groups excluding tert-OH is 1. The minimum absolute atomic E-state index is 0.0907. The predicted molar refractivity (Wildman–Crippen MR) is 201 cm³/mol. The van der Waals surface area contributed by atoms with Crippen LogP contribution in [-0.2, 0) is 38.4 Å². The number of hydrogen-bond acceptors (Lipinski definition) is 11. The average Bonchev–Trinajstić information content (AvgIpc) is 3.10. The number of imide groups is 1. The maximum atomic E-state index is 14.0. The zero-order valence-electron chi connectivity index (χ0n) is 33.6. The summed E-state index contributed by atoms with van der Waals surface area (Å²) in [6.07, 6.45) is 1.30. The van der Waals surface area contributed by atoms with Gasteiger partial charge < -0.3 is 48.3 Å². The van der Waals surface area contributed by atoms with Crippen molar-refractivity contribution in [1.82, 2.24) is 31.5 Å². The van der Waals surface area contributed by atoms with Gasteiger partial charge >= 0.3 is 5.97 Å². The summed E-state index contributed by atoms with van der Waals surface area (Å²) in [5.74, 6) is -8.46. The molecular formula is C36H66N8O10. The zero-order valence-corrected chi connectivity index (χ0v) is 33.6. The van der Waals surface area contributed by atoms with Crippen LogP contribution in [0.25, 0.3) is 0 Å². The number of amides is 7. The molecule has 0 heterocycles. The van der Waals surface area contributed by atoms with Gasteiger partial charge in [-0.1, -0.05) is 82.1 Å². The first-order chi connectivity index (χ1) is 25.0. The van der Waals surface area contributed by atoms with Crippen molar-refractivity contribution in [2.75, 3.05) is 19.7 Å². The lowest BCUT2D eigenvalue weighted by molar-refractivity contribution is -0.156. The number of nitrogens with one attached hydrogen (secondary N) is 5. The maximum Gasteiger partial charge on any atom is 0.322 e. The Bertz CT molecular complexity index is 1270. The van der Waals surface area contributed by atoms with Crippen molar-refractivity contribution in [3.63, 3.8) is 0 Å². The van der Waals surface area contributed by atoms with E-state index in [2.05, 4.69) is 26.6 Å². The van der Waals surface area contributed by atoms with Crippen LogP contribution in [0.2, 0.25) is 0 Å². The number of nitrogens with two attached hydrogens (primary N) is 2. The van der Waals surface area contributed by atoms with Crippen LogP contribution in [0.4, 0.5) is 0 Å². The Kier molecular flexibility index (Phi) is 22.4. The van der Waals surface area contributed by atoms with Crippen LogP contribution in [0.5, 0.6) is 0 Å². The van der Waals surface area contributed by atoms with Gasteiger partial charge in [-0.2, -0.15) is 0 Å². The van der Waals surface area contributed by atoms with E-state index in [-0.39, 0.29) is 36.5 Å². The lowest BCUT2D eigenvalue weighted by Gasteiger charge is -2.37. The molecule has 310 valence electrons. The quantitative estimate of drug-likeness (QED) is 0.0570. The molecule has 0 fully saturated rings. The van der Waals surface area contributed by atoms with Crippen molar-refractivity contribution in [3.8, 4) is 0 Å². The zero-order chi connectivity index (χ0) is 42.0. The first-order valence-corrected chi connectivity index (χ1v) is 18.7. The van der Waals surface area contributed by atoms with Crippen LogP contribution in [0.15, 0.2) is 0 Å². The number of aliphatic hydroxyl groups is 1. The monoisotopic (exact) mass is 770 g/mol. The molecule has 0 saturated heterocycles. The summed E-state index contributed by atoms with van der Waals surface area (Å²) in [6.45, 7) is 15.4. The number of aliphatic carboxylic acids is 1. The van der Waals surface area contributed by atoms with E-state index in [1.165, 1.54) is 0 Å². The minimum Gasteiger partial charge on any atom is -0.480 e. The van der Waals surface area contributed by atoms with E-state index in [1.54, 1.807) is 55.4 Å². The summed E-state index contributed by atoms with van der Waals surface area (Å²) < 4.78 is 0. The van der Waals surface area contributed by atoms with Gasteiger partial charge in [0.25, 0.3) is 0 Å². The van der Waals surface area contributed by atoms with Gasteiger partial charge in [-0.05, 0) is 42.4 Å². The number of hydrogen-bond donors (Lipinski definition) is 9. The molecule has 0 aliphatic rings. The summed E-state index contributed by atoms with van der Waals surface area (Å²) in [4.78, 5) is 105. The van der Waals surface area contributed by atoms with Gasteiger partial charge in [-0.3, -0.25) is 43.3 Å². The Morgan fingerprint density at radius 1 is 0.593 bits per heavy atom. The molecule has 0 unspecified atom stereocenters. The molecule has 0 saturated carbocycles. The summed E-state index contributed by atoms with van der Waals surface area (Å²) in [7, 11) is 0. The van der Waals surface area contributed by atoms with E-state index >= 15 is 0 Å². The van der Waals surface area contributed by atoms with E-state index in [4.69, 9.17) is 16.6 Å². The largest absolute Gasteiger partial charge is 0.480 e. The Labute approximate surface area is 319 Å². The Morgan fingerprint density at radius 2 is 1.00 bits per heavy atom. The summed E-state index contributed by atoms with van der Waals surface area (Å²) >= 11 is 0. The molecule has 0 rings (SSSR count). The molecule has 0 aromatic rings. The fourth-order valence-electron chi connectivity index (χ4n) is 5.37. The average molecular weight is 771 g/mol. The molecule has 0 aromatic heterocycles. The van der Waals surface area contributed by atoms with Crippen LogP contribution < -0.4 is 38.1 Å². The van der Waals surface area contributed by atoms with Gasteiger partial charge in [0.05, 0.1) is 25.2 Å². The number of nitrogens with zero attached hydrogens (tertiary/aromatic N) is 1. The molecule has 8 atom stereocenters. The number of carbonyl (C=O) groups is 8. The van der Waals surface area contributed by atoms with Crippen LogP contribution in [0, 0.1) is 29.6 Å². The Morgan fingerprint density at radius 3 is 1.35 bits per heavy atom. The third-order valence-corrected chi connectivity index (χ3v) is 9.09. The molecule has 0 aromatic carbocycles. The second-order valence-corrected chi connectivity index (χ2v) is 15.1. The van der Waals surface area contributed by atoms with Crippen LogP contribution in [0.3, 0.4) is 0 Å². The van der Waals surface area contributed by atoms with Crippen molar-refractivity contribution in [3.05, 3.63) is 0 Å². The van der Waals surface area contributed by atoms with Crippen molar-refractivity contribution in [2.45, 2.75) is 131 Å². The van der Waals surface area contributed by atoms with Crippen LogP contribution >= 0.6 is 0 Å². The molecule has 0 spiro atoms. The van der Waals surface area contributed by atoms with Crippen molar-refractivity contribution in [1.29, 1.82) is 0 Å². The first-order valence-electron chi connectivity index (χ1n) is 18.7. The van der Waals surface area contributed by atoms with E-state index in [0.717, 1.165) is 4.90 Å². The number of carboxylic acid groups (broad SMARTS) is 1. The molecule has 7 amide bonds. The van der Waals surface area contributed by atoms with Gasteiger partial charge in [-0.25, -0.2) is 0 Å². The number of carboxylic acids is 1. The predicted octanol–water partition coefficient (Wildman–Crippen LogP) is -1.03. The van der Waals surface area contributed by atoms with Crippen LogP contribution in [0.1, 0.15) is 94.9 Å². The van der Waals surface area contributed by atoms with E-state index < -0.39 is 109 Å². The highest BCUT2D eigenvalue weighted by Gasteiger charge is 2.43. The third kappa shape index (κ3) is 16.5. The van der Waals surface area contributed by atoms with E-state index in [9.17, 15) is 43.5 Å². The molecule has 11 N–H and O–H groups in total. The normalized spacial score (nSPS) is 15.9. The fraction of sp³-hybridized carbons (Fsp3) is 0.778. The maximum absolute atomic E-state index is 14.0. The van der Waals surface area contributed by atoms with E-state index in [1.807, 2.05) is 13.8 Å². The fourth-order valence-corrected chi connectivity index (χ4v) is 5.37. The summed E-state index contributed by atoms with van der Waals surface area (Å²) in [5.41, 5.74) is 12.6. The van der Waals surface area contributed by atoms with Gasteiger partial charge in [0.2, 0.25) is 41.4 Å². The van der Waals surface area contributed by atoms with E-state index in [0.29, 0.717) is 12.8 Å². The Hall–Kier alpha value is -4.16. The number of carbonyl (C=O) groups excluding carboxylic acids is 7. The van der Waals surface area contributed by atoms with Gasteiger partial charge in [0.1, 0.15) is 30.7 Å². The second-order valence-electron chi connectivity index (χ2n) is 15.1. The lowest BCUT2D eigenvalue weighted by Crippen LogP contribution is -2.64. The van der Waals surface area contributed by atoms with Crippen LogP contribution in [-0.4, -0.2) is 118 Å². The number of rotatable bonds is 24. The molecule has 18 heteroatoms. The molecule has 0 aliphatic carbocycles. The molecular weight excluding hydrogens is 704 g/mol. The summed E-state index contributed by atoms with van der Waals surface area (Å²) in [6, 6.07) is -7.50. The molecule has 18 nitrogen and oxygen atoms in total. The first kappa shape index (κ1) is 49.8. The SMILES string of the molecule is CC[C@H](C)[C@H](N)C(=O)N(C(=O)[C@@H](N)[C@@H](C)CC)[C@H](C(=O)N[C@@H](CC(C)C)C(=O)NCC(=O)N[C@@H](CO)C(=O)N[C@@H](CC(C)C)C(=O)NCC(=O)O)C(C)C. The van der Waals surface area contributed by atoms with Gasteiger partial charge in [0.15, 0.2) is 0 Å². The van der Waals surface area contributed by atoms with Gasteiger partial charge in [0, 0.05) is 0 Å². The molecule has 0 bridgehead atoms. The smallest absolute Gasteiger partial charge is 0.322 e. The third-order valence-electron chi connectivity index (χ3n) is 9.09. The van der Waals surface area contributed by atoms with Gasteiger partial charge in [-0.15, -0.1) is 0 Å². The molecule has 0 aliphatic heterocycles. The Balaban J connectivity index is 6.11. The molecule has 0 radical (unpaired) electrons.